The summed E-state index contributed by atoms with van der Waals surface area (Å²) in [4.78, 5) is 0. The van der Waals surface area contributed by atoms with Gasteiger partial charge < -0.3 is 5.32 Å². The molecular weight excluding hydrogens is 306 g/mol. The van der Waals surface area contributed by atoms with Crippen molar-refractivity contribution in [2.75, 3.05) is 18.8 Å². The highest BCUT2D eigenvalue weighted by Gasteiger charge is 2.12. The number of hydrogen-bond donors (Lipinski definition) is 1. The Morgan fingerprint density at radius 3 is 2.78 bits per heavy atom. The van der Waals surface area contributed by atoms with Crippen LogP contribution in [0.2, 0.25) is 0 Å². The van der Waals surface area contributed by atoms with E-state index >= 15 is 0 Å². The Balaban J connectivity index is 1.36. The van der Waals surface area contributed by atoms with Gasteiger partial charge in [-0.05, 0) is 60.8 Å². The first-order valence-corrected chi connectivity index (χ1v) is 9.59. The number of rotatable bonds is 8. The van der Waals surface area contributed by atoms with Crippen molar-refractivity contribution >= 4 is 11.8 Å². The van der Waals surface area contributed by atoms with Gasteiger partial charge in [0.25, 0.3) is 0 Å². The maximum Gasteiger partial charge on any atom is 0.214 e. The lowest BCUT2D eigenvalue weighted by Crippen LogP contribution is -2.25. The van der Waals surface area contributed by atoms with E-state index < -0.39 is 0 Å². The minimum atomic E-state index is 0.864. The van der Waals surface area contributed by atoms with Gasteiger partial charge in [0.05, 0.1) is 5.69 Å². The van der Waals surface area contributed by atoms with E-state index in [2.05, 4.69) is 20.8 Å². The van der Waals surface area contributed by atoms with Gasteiger partial charge in [-0.2, -0.15) is 4.68 Å². The molecule has 0 amide bonds. The zero-order chi connectivity index (χ0) is 15.7. The number of nitrogens with zero attached hydrogens (tertiary/aromatic N) is 4. The van der Waals surface area contributed by atoms with Gasteiger partial charge in [0.15, 0.2) is 0 Å². The summed E-state index contributed by atoms with van der Waals surface area (Å²) in [7, 11) is 0. The van der Waals surface area contributed by atoms with Gasteiger partial charge in [-0.3, -0.25) is 0 Å². The van der Waals surface area contributed by atoms with E-state index in [-0.39, 0.29) is 0 Å². The predicted octanol–water partition coefficient (Wildman–Crippen LogP) is 3.31. The fourth-order valence-electron chi connectivity index (χ4n) is 3.06. The molecule has 0 atom stereocenters. The van der Waals surface area contributed by atoms with E-state index in [9.17, 15) is 0 Å². The monoisotopic (exact) mass is 331 g/mol. The molecule has 1 aliphatic carbocycles. The molecule has 0 saturated heterocycles. The van der Waals surface area contributed by atoms with Gasteiger partial charge in [0.1, 0.15) is 0 Å². The Kier molecular flexibility index (Phi) is 6.46. The molecule has 124 valence electrons. The summed E-state index contributed by atoms with van der Waals surface area (Å²) in [5.41, 5.74) is 1.01. The number of thioether (sulfide) groups is 1. The molecule has 1 saturated carbocycles. The van der Waals surface area contributed by atoms with Crippen molar-refractivity contribution in [1.29, 1.82) is 0 Å². The second-order valence-corrected chi connectivity index (χ2v) is 7.18. The van der Waals surface area contributed by atoms with Crippen molar-refractivity contribution in [3.05, 3.63) is 30.3 Å². The van der Waals surface area contributed by atoms with Crippen LogP contribution in [0.1, 0.15) is 38.5 Å². The molecule has 6 heteroatoms. The molecule has 1 fully saturated rings. The molecule has 0 bridgehead atoms. The van der Waals surface area contributed by atoms with Crippen LogP contribution in [0.5, 0.6) is 0 Å². The van der Waals surface area contributed by atoms with Crippen molar-refractivity contribution < 1.29 is 0 Å². The van der Waals surface area contributed by atoms with Crippen LogP contribution >= 0.6 is 11.8 Å². The minimum Gasteiger partial charge on any atom is -0.316 e. The summed E-state index contributed by atoms with van der Waals surface area (Å²) in [6, 6.07) is 10.0. The zero-order valence-electron chi connectivity index (χ0n) is 13.5. The Labute approximate surface area is 142 Å². The molecule has 2 aromatic rings. The summed E-state index contributed by atoms with van der Waals surface area (Å²) in [6.07, 6.45) is 8.23. The Bertz CT molecular complexity index is 565. The van der Waals surface area contributed by atoms with Crippen LogP contribution in [-0.2, 0) is 0 Å². The number of aromatic nitrogens is 4. The second kappa shape index (κ2) is 9.03. The largest absolute Gasteiger partial charge is 0.316 e. The molecule has 1 aromatic carbocycles. The van der Waals surface area contributed by atoms with E-state index in [1.165, 1.54) is 38.6 Å². The maximum absolute atomic E-state index is 4.13. The number of tetrazole rings is 1. The third kappa shape index (κ3) is 5.04. The zero-order valence-corrected chi connectivity index (χ0v) is 14.3. The molecule has 23 heavy (non-hydrogen) atoms. The molecule has 3 rings (SSSR count). The number of hydrogen-bond acceptors (Lipinski definition) is 5. The SMILES string of the molecule is c1ccc(-n2nnnc2SCCCNCC2CCCCC2)cc1. The molecular formula is C17H25N5S. The summed E-state index contributed by atoms with van der Waals surface area (Å²) >= 11 is 1.72. The lowest BCUT2D eigenvalue weighted by atomic mass is 9.89. The van der Waals surface area contributed by atoms with Gasteiger partial charge in [-0.1, -0.05) is 49.2 Å². The molecule has 0 aliphatic heterocycles. The van der Waals surface area contributed by atoms with Crippen LogP contribution in [0.3, 0.4) is 0 Å². The predicted molar refractivity (Wildman–Crippen MR) is 93.9 cm³/mol. The number of benzene rings is 1. The van der Waals surface area contributed by atoms with Crippen LogP contribution < -0.4 is 5.32 Å². The van der Waals surface area contributed by atoms with Crippen LogP contribution in [0.4, 0.5) is 0 Å². The molecule has 0 radical (unpaired) electrons. The normalized spacial score (nSPS) is 15.8. The van der Waals surface area contributed by atoms with Gasteiger partial charge in [0.2, 0.25) is 5.16 Å². The topological polar surface area (TPSA) is 55.6 Å². The summed E-state index contributed by atoms with van der Waals surface area (Å²) in [5.74, 6) is 1.94. The minimum absolute atomic E-state index is 0.864. The maximum atomic E-state index is 4.13. The fraction of sp³-hybridized carbons (Fsp3) is 0.588. The molecule has 0 spiro atoms. The van der Waals surface area contributed by atoms with Crippen LogP contribution in [-0.4, -0.2) is 39.0 Å². The van der Waals surface area contributed by atoms with Crippen LogP contribution in [0, 0.1) is 5.92 Å². The quantitative estimate of drug-likeness (QED) is 0.594. The van der Waals surface area contributed by atoms with Gasteiger partial charge >= 0.3 is 0 Å². The van der Waals surface area contributed by atoms with Gasteiger partial charge in [-0.25, -0.2) is 0 Å². The van der Waals surface area contributed by atoms with E-state index in [1.54, 1.807) is 16.4 Å². The van der Waals surface area contributed by atoms with E-state index in [0.29, 0.717) is 0 Å². The highest BCUT2D eigenvalue weighted by molar-refractivity contribution is 7.99. The van der Waals surface area contributed by atoms with Crippen molar-refractivity contribution in [2.24, 2.45) is 5.92 Å². The Morgan fingerprint density at radius 2 is 1.96 bits per heavy atom. The van der Waals surface area contributed by atoms with Gasteiger partial charge in [-0.15, -0.1) is 5.10 Å². The molecule has 1 aromatic heterocycles. The molecule has 1 aliphatic rings. The Hall–Kier alpha value is -1.40. The average Bonchev–Trinajstić information content (AvgIpc) is 3.08. The summed E-state index contributed by atoms with van der Waals surface area (Å²) in [6.45, 7) is 2.27. The average molecular weight is 331 g/mol. The van der Waals surface area contributed by atoms with Crippen molar-refractivity contribution in [2.45, 2.75) is 43.7 Å². The van der Waals surface area contributed by atoms with Crippen molar-refractivity contribution in [3.63, 3.8) is 0 Å². The second-order valence-electron chi connectivity index (χ2n) is 6.12. The highest BCUT2D eigenvalue weighted by Crippen LogP contribution is 2.23. The van der Waals surface area contributed by atoms with Crippen LogP contribution in [0.25, 0.3) is 5.69 Å². The first kappa shape index (κ1) is 16.5. The molecule has 1 heterocycles. The van der Waals surface area contributed by atoms with Crippen LogP contribution in [0.15, 0.2) is 35.5 Å². The third-order valence-electron chi connectivity index (χ3n) is 4.33. The fourth-order valence-corrected chi connectivity index (χ4v) is 3.89. The first-order chi connectivity index (χ1) is 11.4. The molecule has 1 N–H and O–H groups in total. The Morgan fingerprint density at radius 1 is 1.13 bits per heavy atom. The number of nitrogens with one attached hydrogen (secondary N) is 1. The summed E-state index contributed by atoms with van der Waals surface area (Å²) in [5, 5.41) is 16.5. The van der Waals surface area contributed by atoms with E-state index in [0.717, 1.165) is 35.5 Å². The standard InChI is InChI=1S/C17H25N5S/c1-3-8-15(9-4-1)14-18-12-7-13-23-17-19-20-21-22(17)16-10-5-2-6-11-16/h2,5-6,10-11,15,18H,1,3-4,7-9,12-14H2. The van der Waals surface area contributed by atoms with Crippen molar-refractivity contribution in [3.8, 4) is 5.69 Å². The summed E-state index contributed by atoms with van der Waals surface area (Å²) < 4.78 is 1.81. The van der Waals surface area contributed by atoms with E-state index in [1.807, 2.05) is 30.3 Å². The molecule has 0 unspecified atom stereocenters. The van der Waals surface area contributed by atoms with E-state index in [4.69, 9.17) is 0 Å². The van der Waals surface area contributed by atoms with Crippen molar-refractivity contribution in [1.82, 2.24) is 25.5 Å². The smallest absolute Gasteiger partial charge is 0.214 e. The third-order valence-corrected chi connectivity index (χ3v) is 5.33. The lowest BCUT2D eigenvalue weighted by molar-refractivity contribution is 0.343. The highest BCUT2D eigenvalue weighted by atomic mass is 32.2. The lowest BCUT2D eigenvalue weighted by Gasteiger charge is -2.21. The first-order valence-electron chi connectivity index (χ1n) is 8.61. The number of para-hydroxylation sites is 1. The molecule has 5 nitrogen and oxygen atoms in total. The van der Waals surface area contributed by atoms with Gasteiger partial charge in [0, 0.05) is 5.75 Å².